The Morgan fingerprint density at radius 3 is 1.82 bits per heavy atom. The van der Waals surface area contributed by atoms with E-state index in [0.29, 0.717) is 0 Å². The smallest absolute Gasteiger partial charge is 0.329 e. The molecule has 0 unspecified atom stereocenters. The Labute approximate surface area is 227 Å². The fraction of sp³-hybridized carbons (Fsp3) is 0. The third-order valence-electron chi connectivity index (χ3n) is 8.58. The van der Waals surface area contributed by atoms with Crippen LogP contribution in [0.5, 0.6) is 0 Å². The second kappa shape index (κ2) is 7.75. The lowest BCUT2D eigenvalue weighted by atomic mass is 9.43. The number of fused-ring (bicyclic) bond motifs is 14. The van der Waals surface area contributed by atoms with Crippen LogP contribution in [0.3, 0.4) is 0 Å². The Morgan fingerprint density at radius 2 is 1.03 bits per heavy atom. The molecule has 6 aromatic carbocycles. The van der Waals surface area contributed by atoms with Gasteiger partial charge < -0.3 is 9.38 Å². The first kappa shape index (κ1) is 21.0. The summed E-state index contributed by atoms with van der Waals surface area (Å²) in [4.78, 5) is 2.59. The number of para-hydroxylation sites is 3. The molecule has 0 saturated carbocycles. The molecule has 0 N–H and O–H groups in total. The van der Waals surface area contributed by atoms with Crippen molar-refractivity contribution in [3.8, 4) is 27.9 Å². The maximum atomic E-state index is 2.59. The zero-order valence-electron chi connectivity index (χ0n) is 21.3. The lowest BCUT2D eigenvalue weighted by Gasteiger charge is -2.43. The van der Waals surface area contributed by atoms with Crippen LogP contribution in [0, 0.1) is 0 Å². The average molecular weight is 494 g/mol. The Bertz CT molecular complexity index is 2090. The van der Waals surface area contributed by atoms with Crippen molar-refractivity contribution in [1.29, 1.82) is 0 Å². The lowest BCUT2D eigenvalue weighted by molar-refractivity contribution is 1.18. The minimum absolute atomic E-state index is 0.117. The van der Waals surface area contributed by atoms with Gasteiger partial charge in [-0.1, -0.05) is 103 Å². The van der Waals surface area contributed by atoms with E-state index in [0.717, 1.165) is 0 Å². The summed E-state index contributed by atoms with van der Waals surface area (Å²) in [5, 5.41) is 2.57. The summed E-state index contributed by atoms with van der Waals surface area (Å²) in [7, 11) is 0. The molecule has 3 heterocycles. The minimum atomic E-state index is 0.117. The van der Waals surface area contributed by atoms with E-state index in [9.17, 15) is 0 Å². The van der Waals surface area contributed by atoms with Gasteiger partial charge in [-0.15, -0.1) is 0 Å². The zero-order valence-corrected chi connectivity index (χ0v) is 21.3. The summed E-state index contributed by atoms with van der Waals surface area (Å²) in [5.41, 5.74) is 14.1. The predicted octanol–water partition coefficient (Wildman–Crippen LogP) is 7.69. The second-order valence-electron chi connectivity index (χ2n) is 10.5. The van der Waals surface area contributed by atoms with E-state index in [4.69, 9.17) is 0 Å². The van der Waals surface area contributed by atoms with Gasteiger partial charge in [0.1, 0.15) is 0 Å². The van der Waals surface area contributed by atoms with E-state index in [1.807, 2.05) is 0 Å². The highest BCUT2D eigenvalue weighted by Gasteiger charge is 2.42. The number of benzene rings is 6. The van der Waals surface area contributed by atoms with Gasteiger partial charge in [-0.3, -0.25) is 0 Å². The summed E-state index contributed by atoms with van der Waals surface area (Å²) < 4.78 is 2.42. The van der Waals surface area contributed by atoms with Gasteiger partial charge in [-0.25, -0.2) is 0 Å². The Kier molecular flexibility index (Phi) is 4.17. The first-order valence-electron chi connectivity index (χ1n) is 13.6. The molecule has 180 valence electrons. The van der Waals surface area contributed by atoms with Crippen molar-refractivity contribution in [2.45, 2.75) is 0 Å². The van der Waals surface area contributed by atoms with Gasteiger partial charge in [0.05, 0.1) is 11.0 Å². The number of hydrogen-bond acceptors (Lipinski definition) is 1. The van der Waals surface area contributed by atoms with Crippen molar-refractivity contribution in [1.82, 2.24) is 4.57 Å². The number of rotatable bonds is 1. The standard InChI is InChI=1S/C36H23BN2/c1-2-12-24(13-3-1)38-33-20-10-6-17-28(33)30-22-29-26-15-5-9-19-32(26)37-31-18-8-4-14-25(31)27-16-7-11-21-34(27)39(37)36(29)23-35(30)38/h1-23H. The molecule has 9 rings (SSSR count). The van der Waals surface area contributed by atoms with Crippen molar-refractivity contribution in [3.05, 3.63) is 140 Å². The number of anilines is 2. The molecule has 0 amide bonds. The fourth-order valence-electron chi connectivity index (χ4n) is 7.00. The molecule has 0 radical (unpaired) electrons. The maximum absolute atomic E-state index is 2.59. The first-order chi connectivity index (χ1) is 19.4. The van der Waals surface area contributed by atoms with Gasteiger partial charge >= 0.3 is 6.85 Å². The highest BCUT2D eigenvalue weighted by atomic mass is 15.1. The van der Waals surface area contributed by atoms with Crippen LogP contribution in [-0.2, 0) is 0 Å². The topological polar surface area (TPSA) is 8.17 Å². The van der Waals surface area contributed by atoms with Gasteiger partial charge in [0.25, 0.3) is 0 Å². The Morgan fingerprint density at radius 1 is 0.410 bits per heavy atom. The van der Waals surface area contributed by atoms with Crippen molar-refractivity contribution in [3.63, 3.8) is 0 Å². The van der Waals surface area contributed by atoms with E-state index in [1.165, 1.54) is 72.0 Å². The van der Waals surface area contributed by atoms with Crippen LogP contribution in [0.15, 0.2) is 140 Å². The highest BCUT2D eigenvalue weighted by molar-refractivity contribution is 6.92. The van der Waals surface area contributed by atoms with Crippen LogP contribution in [0.25, 0.3) is 49.7 Å². The van der Waals surface area contributed by atoms with Crippen molar-refractivity contribution in [2.24, 2.45) is 0 Å². The van der Waals surface area contributed by atoms with E-state index >= 15 is 0 Å². The molecule has 7 aromatic rings. The molecule has 0 saturated heterocycles. The molecule has 0 aliphatic carbocycles. The van der Waals surface area contributed by atoms with Crippen molar-refractivity contribution < 1.29 is 0 Å². The molecule has 3 heteroatoms. The van der Waals surface area contributed by atoms with Gasteiger partial charge in [0, 0.05) is 39.0 Å². The molecular weight excluding hydrogens is 471 g/mol. The molecule has 0 spiro atoms. The number of aromatic nitrogens is 1. The minimum Gasteiger partial charge on any atom is -0.376 e. The average Bonchev–Trinajstić information content (AvgIpc) is 3.33. The lowest BCUT2D eigenvalue weighted by Crippen LogP contribution is -2.59. The SMILES string of the molecule is c1ccc(-n2c3ccccc3c3cc4c(cc32)N2B(c3ccccc3-c3ccccc32)c2ccccc2-4)cc1. The zero-order chi connectivity index (χ0) is 25.5. The second-order valence-corrected chi connectivity index (χ2v) is 10.5. The van der Waals surface area contributed by atoms with Crippen molar-refractivity contribution in [2.75, 3.05) is 4.81 Å². The summed E-state index contributed by atoms with van der Waals surface area (Å²) in [6.07, 6.45) is 0. The number of hydrogen-bond donors (Lipinski definition) is 0. The van der Waals surface area contributed by atoms with Gasteiger partial charge in [0.2, 0.25) is 0 Å². The highest BCUT2D eigenvalue weighted by Crippen LogP contribution is 2.48. The van der Waals surface area contributed by atoms with E-state index in [2.05, 4.69) is 149 Å². The van der Waals surface area contributed by atoms with Crippen molar-refractivity contribution >= 4 is 51.0 Å². The summed E-state index contributed by atoms with van der Waals surface area (Å²) in [6, 6.07) is 51.2. The monoisotopic (exact) mass is 494 g/mol. The molecule has 0 atom stereocenters. The summed E-state index contributed by atoms with van der Waals surface area (Å²) in [6.45, 7) is 0.117. The van der Waals surface area contributed by atoms with Crippen LogP contribution in [0.2, 0.25) is 0 Å². The maximum Gasteiger partial charge on any atom is 0.329 e. The molecule has 1 aromatic heterocycles. The van der Waals surface area contributed by atoms with Gasteiger partial charge in [-0.05, 0) is 58.5 Å². The van der Waals surface area contributed by atoms with E-state index in [1.54, 1.807) is 0 Å². The predicted molar refractivity (Wildman–Crippen MR) is 165 cm³/mol. The fourth-order valence-corrected chi connectivity index (χ4v) is 7.00. The summed E-state index contributed by atoms with van der Waals surface area (Å²) in [5.74, 6) is 0. The summed E-state index contributed by atoms with van der Waals surface area (Å²) >= 11 is 0. The molecule has 0 fully saturated rings. The molecule has 2 nitrogen and oxygen atoms in total. The molecule has 0 bridgehead atoms. The van der Waals surface area contributed by atoms with Gasteiger partial charge in [-0.2, -0.15) is 0 Å². The molecule has 2 aliphatic heterocycles. The largest absolute Gasteiger partial charge is 0.376 e. The number of nitrogens with zero attached hydrogens (tertiary/aromatic N) is 2. The van der Waals surface area contributed by atoms with E-state index in [-0.39, 0.29) is 6.85 Å². The van der Waals surface area contributed by atoms with Crippen LogP contribution in [0.1, 0.15) is 0 Å². The molecule has 39 heavy (non-hydrogen) atoms. The Hall–Kier alpha value is -5.02. The Balaban J connectivity index is 1.44. The van der Waals surface area contributed by atoms with Gasteiger partial charge in [0.15, 0.2) is 0 Å². The van der Waals surface area contributed by atoms with Crippen LogP contribution in [0.4, 0.5) is 11.4 Å². The normalized spacial score (nSPS) is 13.0. The third-order valence-corrected chi connectivity index (χ3v) is 8.58. The molecular formula is C36H23BN2. The molecule has 2 aliphatic rings. The third kappa shape index (κ3) is 2.77. The van der Waals surface area contributed by atoms with Crippen LogP contribution >= 0.6 is 0 Å². The van der Waals surface area contributed by atoms with E-state index < -0.39 is 0 Å². The van der Waals surface area contributed by atoms with Crippen LogP contribution < -0.4 is 15.7 Å². The quantitative estimate of drug-likeness (QED) is 0.213. The van der Waals surface area contributed by atoms with Crippen LogP contribution in [-0.4, -0.2) is 11.4 Å². The first-order valence-corrected chi connectivity index (χ1v) is 13.6.